The first-order chi connectivity index (χ1) is 14.0. The van der Waals surface area contributed by atoms with Crippen LogP contribution in [0.3, 0.4) is 0 Å². The number of aromatic amines is 1. The van der Waals surface area contributed by atoms with Crippen LogP contribution >= 0.6 is 0 Å². The second kappa shape index (κ2) is 6.82. The summed E-state index contributed by atoms with van der Waals surface area (Å²) in [5.74, 6) is 1.58. The molecule has 10 heteroatoms. The summed E-state index contributed by atoms with van der Waals surface area (Å²) < 4.78 is 35.4. The van der Waals surface area contributed by atoms with Crippen molar-refractivity contribution in [1.29, 1.82) is 0 Å². The zero-order valence-electron chi connectivity index (χ0n) is 15.7. The van der Waals surface area contributed by atoms with Crippen molar-refractivity contribution in [2.45, 2.75) is 36.1 Å². The van der Waals surface area contributed by atoms with Gasteiger partial charge in [0.05, 0.1) is 23.7 Å². The van der Waals surface area contributed by atoms with Crippen molar-refractivity contribution in [2.24, 2.45) is 0 Å². The molecule has 2 atom stereocenters. The zero-order valence-corrected chi connectivity index (χ0v) is 16.6. The van der Waals surface area contributed by atoms with Crippen LogP contribution in [0.1, 0.15) is 31.0 Å². The molecule has 0 saturated heterocycles. The zero-order chi connectivity index (χ0) is 20.0. The van der Waals surface area contributed by atoms with Gasteiger partial charge in [0.15, 0.2) is 11.3 Å². The Kier molecular flexibility index (Phi) is 4.25. The van der Waals surface area contributed by atoms with Crippen molar-refractivity contribution < 1.29 is 13.2 Å². The second-order valence-electron chi connectivity index (χ2n) is 7.23. The van der Waals surface area contributed by atoms with E-state index in [1.54, 1.807) is 37.6 Å². The van der Waals surface area contributed by atoms with E-state index in [1.807, 2.05) is 16.7 Å². The average Bonchev–Trinajstić information content (AvgIpc) is 3.45. The van der Waals surface area contributed by atoms with Gasteiger partial charge in [-0.3, -0.25) is 4.40 Å². The number of nitrogens with zero attached hydrogens (tertiary/aromatic N) is 4. The molecule has 29 heavy (non-hydrogen) atoms. The third kappa shape index (κ3) is 3.14. The summed E-state index contributed by atoms with van der Waals surface area (Å²) in [5, 5.41) is 8.63. The Morgan fingerprint density at radius 2 is 2.00 bits per heavy atom. The summed E-state index contributed by atoms with van der Waals surface area (Å²) in [6, 6.07) is 8.18. The molecule has 1 fully saturated rings. The molecular formula is C19H20N6O3S. The lowest BCUT2D eigenvalue weighted by molar-refractivity contribution is 0.414. The number of benzene rings is 1. The smallest absolute Gasteiger partial charge is 0.240 e. The van der Waals surface area contributed by atoms with Crippen molar-refractivity contribution in [3.63, 3.8) is 0 Å². The lowest BCUT2D eigenvalue weighted by Gasteiger charge is -2.14. The van der Waals surface area contributed by atoms with Gasteiger partial charge >= 0.3 is 0 Å². The standard InChI is InChI=1S/C19H20N6O3S/c1-28-14-4-6-15(7-5-14)29(26,27)24-13-3-2-12(10-13)19-23-22-17-11-21-18-16(25(17)19)8-9-20-18/h4-9,11-13,20,24H,2-3,10H2,1H3/t12-,13+/m1/s1. The highest BCUT2D eigenvalue weighted by Crippen LogP contribution is 2.35. The molecule has 1 aliphatic carbocycles. The first-order valence-electron chi connectivity index (χ1n) is 9.38. The molecule has 0 radical (unpaired) electrons. The van der Waals surface area contributed by atoms with Gasteiger partial charge in [0.2, 0.25) is 10.0 Å². The summed E-state index contributed by atoms with van der Waals surface area (Å²) in [5.41, 5.74) is 2.38. The van der Waals surface area contributed by atoms with Gasteiger partial charge in [-0.15, -0.1) is 10.2 Å². The Morgan fingerprint density at radius 3 is 2.79 bits per heavy atom. The maximum Gasteiger partial charge on any atom is 0.240 e. The Bertz CT molecular complexity index is 1280. The Hall–Kier alpha value is -2.98. The van der Waals surface area contributed by atoms with E-state index in [0.717, 1.165) is 29.8 Å². The van der Waals surface area contributed by atoms with Gasteiger partial charge < -0.3 is 9.72 Å². The molecule has 5 rings (SSSR count). The average molecular weight is 412 g/mol. The van der Waals surface area contributed by atoms with Crippen LogP contribution < -0.4 is 9.46 Å². The van der Waals surface area contributed by atoms with E-state index in [1.165, 1.54) is 0 Å². The maximum absolute atomic E-state index is 12.7. The van der Waals surface area contributed by atoms with Crippen LogP contribution in [0.5, 0.6) is 5.75 Å². The number of fused-ring (bicyclic) bond motifs is 3. The maximum atomic E-state index is 12.7. The fraction of sp³-hybridized carbons (Fsp3) is 0.316. The number of hydrogen-bond acceptors (Lipinski definition) is 6. The van der Waals surface area contributed by atoms with Crippen molar-refractivity contribution in [3.05, 3.63) is 48.5 Å². The van der Waals surface area contributed by atoms with E-state index >= 15 is 0 Å². The minimum Gasteiger partial charge on any atom is -0.497 e. The predicted octanol–water partition coefficient (Wildman–Crippen LogP) is 2.23. The molecule has 1 aromatic carbocycles. The highest BCUT2D eigenvalue weighted by molar-refractivity contribution is 7.89. The van der Waals surface area contributed by atoms with Gasteiger partial charge in [0.1, 0.15) is 11.6 Å². The van der Waals surface area contributed by atoms with E-state index < -0.39 is 10.0 Å². The Morgan fingerprint density at radius 1 is 1.17 bits per heavy atom. The summed E-state index contributed by atoms with van der Waals surface area (Å²) in [7, 11) is -2.04. The van der Waals surface area contributed by atoms with Crippen LogP contribution in [0, 0.1) is 0 Å². The number of methoxy groups -OCH3 is 1. The number of rotatable bonds is 5. The van der Waals surface area contributed by atoms with E-state index in [4.69, 9.17) is 4.74 Å². The van der Waals surface area contributed by atoms with Crippen molar-refractivity contribution >= 4 is 26.8 Å². The minimum absolute atomic E-state index is 0.120. The third-order valence-electron chi connectivity index (χ3n) is 5.46. The Labute approximate surface area is 167 Å². The van der Waals surface area contributed by atoms with Crippen molar-refractivity contribution in [1.82, 2.24) is 29.3 Å². The molecule has 0 bridgehead atoms. The molecule has 3 aromatic heterocycles. The van der Waals surface area contributed by atoms with Crippen LogP contribution in [-0.2, 0) is 10.0 Å². The van der Waals surface area contributed by atoms with E-state index in [2.05, 4.69) is 24.9 Å². The van der Waals surface area contributed by atoms with Gasteiger partial charge in [0.25, 0.3) is 0 Å². The van der Waals surface area contributed by atoms with Crippen LogP contribution in [0.2, 0.25) is 0 Å². The van der Waals surface area contributed by atoms with Gasteiger partial charge in [-0.2, -0.15) is 0 Å². The van der Waals surface area contributed by atoms with Crippen LogP contribution in [0.15, 0.2) is 47.6 Å². The number of nitrogens with one attached hydrogen (secondary N) is 2. The molecule has 0 amide bonds. The summed E-state index contributed by atoms with van der Waals surface area (Å²) in [6.45, 7) is 0. The SMILES string of the molecule is COc1ccc(S(=O)(=O)N[C@H]2CC[C@@H](c3nnc4cnc5[nH]ccc5n34)C2)cc1. The molecular weight excluding hydrogens is 392 g/mol. The molecule has 3 heterocycles. The molecule has 0 unspecified atom stereocenters. The lowest BCUT2D eigenvalue weighted by atomic mass is 10.1. The van der Waals surface area contributed by atoms with Gasteiger partial charge in [-0.1, -0.05) is 0 Å². The molecule has 1 aliphatic rings. The van der Waals surface area contributed by atoms with Gasteiger partial charge in [-0.25, -0.2) is 18.1 Å². The normalized spacial score (nSPS) is 19.9. The van der Waals surface area contributed by atoms with Crippen LogP contribution in [0.4, 0.5) is 0 Å². The van der Waals surface area contributed by atoms with Crippen LogP contribution in [-0.4, -0.2) is 46.1 Å². The van der Waals surface area contributed by atoms with E-state index in [0.29, 0.717) is 17.8 Å². The number of aromatic nitrogens is 5. The summed E-state index contributed by atoms with van der Waals surface area (Å²) in [4.78, 5) is 7.67. The van der Waals surface area contributed by atoms with E-state index in [-0.39, 0.29) is 16.9 Å². The highest BCUT2D eigenvalue weighted by Gasteiger charge is 2.32. The fourth-order valence-corrected chi connectivity index (χ4v) is 5.31. The topological polar surface area (TPSA) is 114 Å². The predicted molar refractivity (Wildman–Crippen MR) is 106 cm³/mol. The van der Waals surface area contributed by atoms with E-state index in [9.17, 15) is 8.42 Å². The third-order valence-corrected chi connectivity index (χ3v) is 6.99. The Balaban J connectivity index is 1.37. The first-order valence-corrected chi connectivity index (χ1v) is 10.9. The molecule has 0 aliphatic heterocycles. The summed E-state index contributed by atoms with van der Waals surface area (Å²) >= 11 is 0. The summed E-state index contributed by atoms with van der Waals surface area (Å²) in [6.07, 6.45) is 5.78. The molecule has 9 nitrogen and oxygen atoms in total. The van der Waals surface area contributed by atoms with Crippen molar-refractivity contribution in [3.8, 4) is 5.75 Å². The van der Waals surface area contributed by atoms with Crippen molar-refractivity contribution in [2.75, 3.05) is 7.11 Å². The number of ether oxygens (including phenoxy) is 1. The fourth-order valence-electron chi connectivity index (χ4n) is 4.03. The molecule has 0 spiro atoms. The largest absolute Gasteiger partial charge is 0.497 e. The first kappa shape index (κ1) is 18.1. The number of sulfonamides is 1. The number of H-pyrrole nitrogens is 1. The molecule has 1 saturated carbocycles. The van der Waals surface area contributed by atoms with Crippen LogP contribution in [0.25, 0.3) is 16.8 Å². The quantitative estimate of drug-likeness (QED) is 0.520. The van der Waals surface area contributed by atoms with Gasteiger partial charge in [-0.05, 0) is 49.6 Å². The molecule has 2 N–H and O–H groups in total. The molecule has 4 aromatic rings. The monoisotopic (exact) mass is 412 g/mol. The molecule has 150 valence electrons. The van der Waals surface area contributed by atoms with Gasteiger partial charge in [0, 0.05) is 18.2 Å². The second-order valence-corrected chi connectivity index (χ2v) is 8.94. The number of hydrogen-bond donors (Lipinski definition) is 2. The minimum atomic E-state index is -3.59. The lowest BCUT2D eigenvalue weighted by Crippen LogP contribution is -2.33. The highest BCUT2D eigenvalue weighted by atomic mass is 32.2.